The second-order valence-electron chi connectivity index (χ2n) is 6.37. The smallest absolute Gasteiger partial charge is 0.341 e. The number of sulfonamides is 2. The van der Waals surface area contributed by atoms with Crippen molar-refractivity contribution in [1.29, 1.82) is 0 Å². The van der Waals surface area contributed by atoms with Crippen LogP contribution in [0.3, 0.4) is 0 Å². The van der Waals surface area contributed by atoms with E-state index in [9.17, 15) is 21.6 Å². The SMILES string of the molecule is COC(=O)c1cc(CNS(=O)(=O)c2ccc(S(=O)(=O)NC3CC3)cc2)oc1C. The Labute approximate surface area is 163 Å². The van der Waals surface area contributed by atoms with Gasteiger partial charge in [-0.15, -0.1) is 0 Å². The van der Waals surface area contributed by atoms with E-state index in [-0.39, 0.29) is 33.7 Å². The van der Waals surface area contributed by atoms with Crippen molar-refractivity contribution >= 4 is 26.0 Å². The lowest BCUT2D eigenvalue weighted by molar-refractivity contribution is 0.0598. The van der Waals surface area contributed by atoms with Crippen LogP contribution < -0.4 is 9.44 Å². The van der Waals surface area contributed by atoms with Crippen LogP contribution in [0.1, 0.15) is 34.7 Å². The number of hydrogen-bond donors (Lipinski definition) is 2. The molecule has 1 aliphatic carbocycles. The Hall–Kier alpha value is -2.21. The van der Waals surface area contributed by atoms with E-state index in [1.54, 1.807) is 6.92 Å². The van der Waals surface area contributed by atoms with E-state index in [0.29, 0.717) is 5.76 Å². The molecule has 1 aliphatic rings. The first-order valence-electron chi connectivity index (χ1n) is 8.42. The first kappa shape index (κ1) is 20.5. The molecule has 9 nitrogen and oxygen atoms in total. The number of nitrogens with one attached hydrogen (secondary N) is 2. The van der Waals surface area contributed by atoms with E-state index in [2.05, 4.69) is 14.2 Å². The van der Waals surface area contributed by atoms with Crippen LogP contribution in [0.5, 0.6) is 0 Å². The Bertz CT molecular complexity index is 1080. The van der Waals surface area contributed by atoms with Crippen molar-refractivity contribution in [1.82, 2.24) is 9.44 Å². The molecule has 28 heavy (non-hydrogen) atoms. The van der Waals surface area contributed by atoms with Gasteiger partial charge in [0.1, 0.15) is 17.1 Å². The fraction of sp³-hybridized carbons (Fsp3) is 0.353. The van der Waals surface area contributed by atoms with E-state index >= 15 is 0 Å². The van der Waals surface area contributed by atoms with Crippen LogP contribution in [0.4, 0.5) is 0 Å². The zero-order valence-corrected chi connectivity index (χ0v) is 16.9. The van der Waals surface area contributed by atoms with Crippen molar-refractivity contribution < 1.29 is 30.8 Å². The standard InChI is InChI=1S/C17H20N2O7S2/c1-11-16(17(20)25-2)9-13(26-11)10-18-27(21,22)14-5-7-15(8-6-14)28(23,24)19-12-3-4-12/h5-9,12,18-19H,3-4,10H2,1-2H3. The van der Waals surface area contributed by atoms with Crippen molar-refractivity contribution in [2.45, 2.75) is 42.1 Å². The van der Waals surface area contributed by atoms with Crippen LogP contribution in [-0.4, -0.2) is 36.0 Å². The van der Waals surface area contributed by atoms with Gasteiger partial charge in [-0.05, 0) is 50.1 Å². The van der Waals surface area contributed by atoms with Gasteiger partial charge >= 0.3 is 5.97 Å². The zero-order chi connectivity index (χ0) is 20.5. The maximum Gasteiger partial charge on any atom is 0.341 e. The summed E-state index contributed by atoms with van der Waals surface area (Å²) in [6.07, 6.45) is 1.61. The zero-order valence-electron chi connectivity index (χ0n) is 15.3. The third-order valence-corrected chi connectivity index (χ3v) is 7.11. The highest BCUT2D eigenvalue weighted by Crippen LogP contribution is 2.23. The molecule has 0 bridgehead atoms. The highest BCUT2D eigenvalue weighted by Gasteiger charge is 2.28. The number of ether oxygens (including phenoxy) is 1. The highest BCUT2D eigenvalue weighted by molar-refractivity contribution is 7.90. The second kappa shape index (κ2) is 7.66. The maximum atomic E-state index is 12.4. The van der Waals surface area contributed by atoms with Gasteiger partial charge < -0.3 is 9.15 Å². The second-order valence-corrected chi connectivity index (χ2v) is 9.85. The minimum absolute atomic E-state index is 0.00253. The average Bonchev–Trinajstić information content (AvgIpc) is 3.38. The molecule has 2 aromatic rings. The van der Waals surface area contributed by atoms with E-state index in [4.69, 9.17) is 4.42 Å². The van der Waals surface area contributed by atoms with Crippen LogP contribution in [0.25, 0.3) is 0 Å². The van der Waals surface area contributed by atoms with Gasteiger partial charge in [-0.2, -0.15) is 0 Å². The molecule has 0 amide bonds. The Morgan fingerprint density at radius 1 is 1.11 bits per heavy atom. The first-order chi connectivity index (χ1) is 13.1. The van der Waals surface area contributed by atoms with Crippen molar-refractivity contribution in [3.05, 3.63) is 47.4 Å². The fourth-order valence-electron chi connectivity index (χ4n) is 2.48. The number of rotatable bonds is 8. The van der Waals surface area contributed by atoms with Gasteiger partial charge in [0.2, 0.25) is 20.0 Å². The monoisotopic (exact) mass is 428 g/mol. The Balaban J connectivity index is 1.70. The van der Waals surface area contributed by atoms with Gasteiger partial charge in [-0.3, -0.25) is 0 Å². The predicted octanol–water partition coefficient (Wildman–Crippen LogP) is 1.29. The first-order valence-corrected chi connectivity index (χ1v) is 11.4. The summed E-state index contributed by atoms with van der Waals surface area (Å²) in [5.74, 6) is -0.0139. The van der Waals surface area contributed by atoms with E-state index in [1.165, 1.54) is 37.4 Å². The van der Waals surface area contributed by atoms with Crippen LogP contribution in [-0.2, 0) is 31.3 Å². The normalized spacial score (nSPS) is 14.8. The number of hydrogen-bond acceptors (Lipinski definition) is 7. The molecule has 0 aliphatic heterocycles. The predicted molar refractivity (Wildman–Crippen MR) is 98.6 cm³/mol. The number of carbonyl (C=O) groups is 1. The van der Waals surface area contributed by atoms with Crippen molar-refractivity contribution in [3.63, 3.8) is 0 Å². The maximum absolute atomic E-state index is 12.4. The summed E-state index contributed by atoms with van der Waals surface area (Å²) in [5.41, 5.74) is 0.217. The topological polar surface area (TPSA) is 132 Å². The van der Waals surface area contributed by atoms with Crippen molar-refractivity contribution in [2.75, 3.05) is 7.11 Å². The number of aryl methyl sites for hydroxylation is 1. The molecule has 152 valence electrons. The summed E-state index contributed by atoms with van der Waals surface area (Å²) in [7, 11) is -6.32. The van der Waals surface area contributed by atoms with Crippen LogP contribution >= 0.6 is 0 Å². The van der Waals surface area contributed by atoms with Crippen molar-refractivity contribution in [2.24, 2.45) is 0 Å². The van der Waals surface area contributed by atoms with Gasteiger partial charge in [0.15, 0.2) is 0 Å². The van der Waals surface area contributed by atoms with Crippen molar-refractivity contribution in [3.8, 4) is 0 Å². The van der Waals surface area contributed by atoms with E-state index < -0.39 is 26.0 Å². The molecule has 1 fully saturated rings. The number of esters is 1. The average molecular weight is 428 g/mol. The molecular weight excluding hydrogens is 408 g/mol. The summed E-state index contributed by atoms with van der Waals surface area (Å²) in [5, 5.41) is 0. The lowest BCUT2D eigenvalue weighted by atomic mass is 10.2. The number of benzene rings is 1. The number of carbonyl (C=O) groups excluding carboxylic acids is 1. The molecule has 3 rings (SSSR count). The number of methoxy groups -OCH3 is 1. The molecule has 1 heterocycles. The molecule has 1 saturated carbocycles. The molecule has 0 spiro atoms. The fourth-order valence-corrected chi connectivity index (χ4v) is 4.78. The molecule has 0 radical (unpaired) electrons. The van der Waals surface area contributed by atoms with Crippen LogP contribution in [0, 0.1) is 6.92 Å². The lowest BCUT2D eigenvalue weighted by Gasteiger charge is -2.08. The van der Waals surface area contributed by atoms with Gasteiger partial charge in [-0.1, -0.05) is 0 Å². The van der Waals surface area contributed by atoms with Crippen LogP contribution in [0.15, 0.2) is 44.5 Å². The molecule has 1 aromatic heterocycles. The minimum atomic E-state index is -3.90. The summed E-state index contributed by atoms with van der Waals surface area (Å²) < 4.78 is 64.0. The van der Waals surface area contributed by atoms with E-state index in [1.807, 2.05) is 0 Å². The van der Waals surface area contributed by atoms with Gasteiger partial charge in [0, 0.05) is 6.04 Å². The molecule has 0 atom stereocenters. The highest BCUT2D eigenvalue weighted by atomic mass is 32.2. The number of furan rings is 1. The summed E-state index contributed by atoms with van der Waals surface area (Å²) >= 11 is 0. The Kier molecular flexibility index (Phi) is 5.62. The molecule has 1 aromatic carbocycles. The van der Waals surface area contributed by atoms with Gasteiger partial charge in [-0.25, -0.2) is 31.1 Å². The molecule has 2 N–H and O–H groups in total. The third-order valence-electron chi connectivity index (χ3n) is 4.15. The summed E-state index contributed by atoms with van der Waals surface area (Å²) in [6, 6.07) is 6.29. The van der Waals surface area contributed by atoms with E-state index in [0.717, 1.165) is 12.8 Å². The van der Waals surface area contributed by atoms with Gasteiger partial charge in [0.25, 0.3) is 0 Å². The molecular formula is C17H20N2O7S2. The molecule has 0 unspecified atom stereocenters. The Morgan fingerprint density at radius 2 is 1.68 bits per heavy atom. The third kappa shape index (κ3) is 4.61. The molecule has 11 heteroatoms. The van der Waals surface area contributed by atoms with Gasteiger partial charge in [0.05, 0.1) is 23.4 Å². The summed E-state index contributed by atoms with van der Waals surface area (Å²) in [4.78, 5) is 11.5. The lowest BCUT2D eigenvalue weighted by Crippen LogP contribution is -2.26. The van der Waals surface area contributed by atoms with Crippen LogP contribution in [0.2, 0.25) is 0 Å². The largest absolute Gasteiger partial charge is 0.465 e. The summed E-state index contributed by atoms with van der Waals surface area (Å²) in [6.45, 7) is 1.39. The Morgan fingerprint density at radius 3 is 2.21 bits per heavy atom. The molecule has 0 saturated heterocycles. The minimum Gasteiger partial charge on any atom is -0.465 e. The quantitative estimate of drug-likeness (QED) is 0.606.